The highest BCUT2D eigenvalue weighted by atomic mass is 16.4. The fourth-order valence-electron chi connectivity index (χ4n) is 1.29. The fourth-order valence-corrected chi connectivity index (χ4v) is 1.29. The van der Waals surface area contributed by atoms with Crippen LogP contribution in [0.1, 0.15) is 26.7 Å². The molecule has 1 rings (SSSR count). The van der Waals surface area contributed by atoms with Gasteiger partial charge >= 0.3 is 0 Å². The van der Waals surface area contributed by atoms with E-state index in [1.807, 2.05) is 0 Å². The van der Waals surface area contributed by atoms with Crippen molar-refractivity contribution in [1.29, 1.82) is 0 Å². The minimum Gasteiger partial charge on any atom is -0.481 e. The second-order valence-electron chi connectivity index (χ2n) is 3.80. The van der Waals surface area contributed by atoms with Crippen LogP contribution in [0.4, 0.5) is 0 Å². The highest BCUT2D eigenvalue weighted by Gasteiger charge is 2.23. The first-order valence-electron chi connectivity index (χ1n) is 5.37. The lowest BCUT2D eigenvalue weighted by atomic mass is 10.2. The second kappa shape index (κ2) is 7.61. The molecule has 98 valence electrons. The van der Waals surface area contributed by atoms with Gasteiger partial charge in [0.1, 0.15) is 6.04 Å². The lowest BCUT2D eigenvalue weighted by Crippen LogP contribution is -2.48. The zero-order valence-electron chi connectivity index (χ0n) is 10.0. The maximum absolute atomic E-state index is 11.4. The van der Waals surface area contributed by atoms with Crippen LogP contribution in [0.5, 0.6) is 0 Å². The Morgan fingerprint density at radius 2 is 2.00 bits per heavy atom. The molecule has 2 amide bonds. The van der Waals surface area contributed by atoms with E-state index in [1.54, 1.807) is 6.92 Å². The topological polar surface area (TPSA) is 122 Å². The molecule has 0 spiro atoms. The van der Waals surface area contributed by atoms with Gasteiger partial charge in [-0.25, -0.2) is 0 Å². The summed E-state index contributed by atoms with van der Waals surface area (Å²) in [4.78, 5) is 31.0. The summed E-state index contributed by atoms with van der Waals surface area (Å²) >= 11 is 0. The molecule has 0 aromatic rings. The van der Waals surface area contributed by atoms with Gasteiger partial charge in [0.2, 0.25) is 11.8 Å². The molecule has 0 aromatic heterocycles. The predicted molar refractivity (Wildman–Crippen MR) is 61.1 cm³/mol. The van der Waals surface area contributed by atoms with Crippen molar-refractivity contribution < 1.29 is 19.5 Å². The molecule has 1 heterocycles. The van der Waals surface area contributed by atoms with Crippen molar-refractivity contribution in [3.8, 4) is 0 Å². The average molecular weight is 245 g/mol. The largest absolute Gasteiger partial charge is 0.481 e. The number of aliphatic carboxylic acids is 1. The van der Waals surface area contributed by atoms with Gasteiger partial charge < -0.3 is 21.5 Å². The molecular weight excluding hydrogens is 226 g/mol. The lowest BCUT2D eigenvalue weighted by Gasteiger charge is -2.14. The highest BCUT2D eigenvalue weighted by molar-refractivity contribution is 5.88. The number of rotatable bonds is 3. The number of carboxylic acid groups (broad SMARTS) is 1. The van der Waals surface area contributed by atoms with Gasteiger partial charge in [-0.1, -0.05) is 0 Å². The first-order chi connectivity index (χ1) is 7.84. The molecule has 1 unspecified atom stereocenters. The molecule has 7 heteroatoms. The first-order valence-corrected chi connectivity index (χ1v) is 5.37. The first kappa shape index (κ1) is 15.4. The van der Waals surface area contributed by atoms with Gasteiger partial charge in [-0.05, 0) is 26.3 Å². The Morgan fingerprint density at radius 3 is 2.35 bits per heavy atom. The smallest absolute Gasteiger partial charge is 0.300 e. The summed E-state index contributed by atoms with van der Waals surface area (Å²) in [5.74, 6) is -1.48. The number of hydrogen-bond donors (Lipinski definition) is 4. The van der Waals surface area contributed by atoms with E-state index in [1.165, 1.54) is 0 Å². The van der Waals surface area contributed by atoms with E-state index in [0.29, 0.717) is 0 Å². The second-order valence-corrected chi connectivity index (χ2v) is 3.80. The number of carbonyl (C=O) groups excluding carboxylic acids is 2. The van der Waals surface area contributed by atoms with Crippen LogP contribution in [0, 0.1) is 0 Å². The Kier molecular flexibility index (Phi) is 6.88. The Balaban J connectivity index is 0.000000557. The van der Waals surface area contributed by atoms with Crippen LogP contribution < -0.4 is 16.4 Å². The summed E-state index contributed by atoms with van der Waals surface area (Å²) in [7, 11) is 0. The van der Waals surface area contributed by atoms with Gasteiger partial charge in [0, 0.05) is 6.92 Å². The van der Waals surface area contributed by atoms with E-state index in [4.69, 9.17) is 15.6 Å². The molecule has 0 bridgehead atoms. The lowest BCUT2D eigenvalue weighted by molar-refractivity contribution is -0.134. The number of hydrogen-bond acceptors (Lipinski definition) is 4. The van der Waals surface area contributed by atoms with Crippen molar-refractivity contribution in [2.24, 2.45) is 5.73 Å². The molecule has 2 atom stereocenters. The Bertz CT molecular complexity index is 283. The summed E-state index contributed by atoms with van der Waals surface area (Å²) < 4.78 is 0. The van der Waals surface area contributed by atoms with Gasteiger partial charge in [-0.3, -0.25) is 14.4 Å². The zero-order valence-corrected chi connectivity index (χ0v) is 10.0. The maximum atomic E-state index is 11.4. The van der Waals surface area contributed by atoms with Crippen molar-refractivity contribution in [2.75, 3.05) is 6.54 Å². The van der Waals surface area contributed by atoms with Crippen LogP contribution in [-0.2, 0) is 14.4 Å². The van der Waals surface area contributed by atoms with Crippen LogP contribution >= 0.6 is 0 Å². The molecule has 1 fully saturated rings. The van der Waals surface area contributed by atoms with E-state index < -0.39 is 17.9 Å². The van der Waals surface area contributed by atoms with Crippen molar-refractivity contribution >= 4 is 17.8 Å². The Morgan fingerprint density at radius 1 is 1.47 bits per heavy atom. The van der Waals surface area contributed by atoms with E-state index in [2.05, 4.69) is 10.6 Å². The van der Waals surface area contributed by atoms with Gasteiger partial charge in [0.25, 0.3) is 5.97 Å². The predicted octanol–water partition coefficient (Wildman–Crippen LogP) is -1.18. The molecule has 0 aliphatic carbocycles. The monoisotopic (exact) mass is 245 g/mol. The normalized spacial score (nSPS) is 19.8. The molecule has 1 saturated heterocycles. The number of nitrogens with one attached hydrogen (secondary N) is 2. The van der Waals surface area contributed by atoms with Gasteiger partial charge in [0.15, 0.2) is 0 Å². The quantitative estimate of drug-likeness (QED) is 0.498. The van der Waals surface area contributed by atoms with Gasteiger partial charge in [-0.2, -0.15) is 0 Å². The van der Waals surface area contributed by atoms with Gasteiger partial charge in [0.05, 0.1) is 6.04 Å². The molecular formula is C10H19N3O4. The molecule has 7 nitrogen and oxygen atoms in total. The van der Waals surface area contributed by atoms with E-state index in [0.717, 1.165) is 26.3 Å². The van der Waals surface area contributed by atoms with Crippen molar-refractivity contribution in [1.82, 2.24) is 10.6 Å². The number of carbonyl (C=O) groups is 3. The summed E-state index contributed by atoms with van der Waals surface area (Å²) in [6.45, 7) is 3.53. The average Bonchev–Trinajstić information content (AvgIpc) is 2.68. The molecule has 0 radical (unpaired) electrons. The third kappa shape index (κ3) is 7.29. The SMILES string of the molecule is CC(=O)O.C[C@@H](NC(=O)C1CCCN1)C(N)=O. The van der Waals surface area contributed by atoms with Crippen LogP contribution in [0.15, 0.2) is 0 Å². The van der Waals surface area contributed by atoms with E-state index in [9.17, 15) is 9.59 Å². The minimum atomic E-state index is -0.833. The molecule has 1 aliphatic rings. The van der Waals surface area contributed by atoms with Gasteiger partial charge in [-0.15, -0.1) is 0 Å². The number of amides is 2. The fraction of sp³-hybridized carbons (Fsp3) is 0.700. The molecule has 17 heavy (non-hydrogen) atoms. The van der Waals surface area contributed by atoms with E-state index >= 15 is 0 Å². The standard InChI is InChI=1S/C8H15N3O2.C2H4O2/c1-5(7(9)12)11-8(13)6-3-2-4-10-6;1-2(3)4/h5-6,10H,2-4H2,1H3,(H2,9,12)(H,11,13);1H3,(H,3,4)/t5-,6?;/m1./s1. The van der Waals surface area contributed by atoms with Crippen molar-refractivity contribution in [2.45, 2.75) is 38.8 Å². The minimum absolute atomic E-state index is 0.135. The van der Waals surface area contributed by atoms with Crippen LogP contribution in [0.3, 0.4) is 0 Å². The number of primary amides is 1. The zero-order chi connectivity index (χ0) is 13.4. The van der Waals surface area contributed by atoms with Crippen LogP contribution in [0.25, 0.3) is 0 Å². The third-order valence-corrected chi connectivity index (χ3v) is 2.16. The summed E-state index contributed by atoms with van der Waals surface area (Å²) in [6, 6.07) is -0.739. The Labute approximate surface area is 99.7 Å². The Hall–Kier alpha value is -1.63. The van der Waals surface area contributed by atoms with Crippen molar-refractivity contribution in [3.05, 3.63) is 0 Å². The summed E-state index contributed by atoms with van der Waals surface area (Å²) in [5, 5.41) is 13.0. The molecule has 0 saturated carbocycles. The van der Waals surface area contributed by atoms with Crippen LogP contribution in [0.2, 0.25) is 0 Å². The third-order valence-electron chi connectivity index (χ3n) is 2.16. The number of carboxylic acids is 1. The molecule has 1 aliphatic heterocycles. The molecule has 5 N–H and O–H groups in total. The maximum Gasteiger partial charge on any atom is 0.300 e. The van der Waals surface area contributed by atoms with Crippen LogP contribution in [-0.4, -0.2) is 41.5 Å². The van der Waals surface area contributed by atoms with E-state index in [-0.39, 0.29) is 11.9 Å². The summed E-state index contributed by atoms with van der Waals surface area (Å²) in [5.41, 5.74) is 5.01. The highest BCUT2D eigenvalue weighted by Crippen LogP contribution is 2.04. The van der Waals surface area contributed by atoms with Crippen molar-refractivity contribution in [3.63, 3.8) is 0 Å². The summed E-state index contributed by atoms with van der Waals surface area (Å²) in [6.07, 6.45) is 1.83. The number of nitrogens with two attached hydrogens (primary N) is 1. The molecule has 0 aromatic carbocycles.